The van der Waals surface area contributed by atoms with Crippen molar-refractivity contribution in [3.8, 4) is 11.3 Å². The molecule has 1 nitrogen and oxygen atoms in total. The quantitative estimate of drug-likeness (QED) is 0.708. The molecule has 1 aromatic carbocycles. The van der Waals surface area contributed by atoms with Crippen LogP contribution < -0.4 is 4.57 Å². The van der Waals surface area contributed by atoms with Gasteiger partial charge in [-0.15, -0.1) is 0 Å². The van der Waals surface area contributed by atoms with E-state index in [9.17, 15) is 0 Å². The second kappa shape index (κ2) is 4.93. The van der Waals surface area contributed by atoms with E-state index in [4.69, 9.17) is 9.60 Å². The molecule has 0 spiro atoms. The van der Waals surface area contributed by atoms with Crippen molar-refractivity contribution in [2.75, 3.05) is 0 Å². The first-order chi connectivity index (χ1) is 11.3. The predicted octanol–water partition coefficient (Wildman–Crippen LogP) is 3.92. The zero-order chi connectivity index (χ0) is 19.2. The van der Waals surface area contributed by atoms with Gasteiger partial charge in [0.2, 0.25) is 5.69 Å². The molecule has 1 atom stereocenters. The molecule has 0 amide bonds. The normalized spacial score (nSPS) is 21.4. The van der Waals surface area contributed by atoms with Gasteiger partial charge in [0.1, 0.15) is 7.05 Å². The SMILES string of the molecule is [2H]C([2H])([2H])c1c[n+](C)c(-c2ccccc2C)cc1C([2H])(C)C([2H])([2H])[2H]. The smallest absolute Gasteiger partial charge is 0.201 e. The summed E-state index contributed by atoms with van der Waals surface area (Å²) in [6, 6.07) is 9.11. The van der Waals surface area contributed by atoms with E-state index >= 15 is 0 Å². The Morgan fingerprint density at radius 1 is 1.28 bits per heavy atom. The van der Waals surface area contributed by atoms with Crippen molar-refractivity contribution >= 4 is 0 Å². The van der Waals surface area contributed by atoms with Gasteiger partial charge in [0.15, 0.2) is 6.20 Å². The van der Waals surface area contributed by atoms with Crippen LogP contribution in [0.4, 0.5) is 0 Å². The summed E-state index contributed by atoms with van der Waals surface area (Å²) in [7, 11) is 1.72. The van der Waals surface area contributed by atoms with Crippen LogP contribution in [-0.2, 0) is 7.05 Å². The molecule has 94 valence electrons. The molecular formula is C17H22N+. The molecule has 1 heterocycles. The molecular weight excluding hydrogens is 218 g/mol. The highest BCUT2D eigenvalue weighted by Crippen LogP contribution is 2.25. The Hall–Kier alpha value is -1.63. The van der Waals surface area contributed by atoms with Crippen LogP contribution in [0.1, 0.15) is 46.0 Å². The minimum Gasteiger partial charge on any atom is -0.201 e. The fourth-order valence-corrected chi connectivity index (χ4v) is 2.09. The zero-order valence-electron chi connectivity index (χ0n) is 17.9. The fraction of sp³-hybridized carbons (Fsp3) is 0.353. The van der Waals surface area contributed by atoms with Crippen LogP contribution in [0.2, 0.25) is 0 Å². The van der Waals surface area contributed by atoms with Crippen LogP contribution in [0.5, 0.6) is 0 Å². The van der Waals surface area contributed by atoms with Gasteiger partial charge in [-0.05, 0) is 36.9 Å². The fourth-order valence-electron chi connectivity index (χ4n) is 2.09. The van der Waals surface area contributed by atoms with Gasteiger partial charge in [0, 0.05) is 26.8 Å². The molecule has 0 fully saturated rings. The summed E-state index contributed by atoms with van der Waals surface area (Å²) in [5.74, 6) is -2.04. The Morgan fingerprint density at radius 3 is 2.72 bits per heavy atom. The maximum atomic E-state index is 8.40. The van der Waals surface area contributed by atoms with Crippen LogP contribution in [-0.4, -0.2) is 0 Å². The van der Waals surface area contributed by atoms with E-state index in [-0.39, 0.29) is 11.1 Å². The van der Waals surface area contributed by atoms with Crippen molar-refractivity contribution in [1.29, 1.82) is 0 Å². The standard InChI is InChI=1S/C17H22N/c1-12(2)16-10-17(18(5)11-14(16)4)15-9-7-6-8-13(15)3/h6-12H,1-5H3/q+1/i1D3,4D3,12D. The van der Waals surface area contributed by atoms with Crippen LogP contribution in [0, 0.1) is 13.8 Å². The third-order valence-corrected chi connectivity index (χ3v) is 3.10. The van der Waals surface area contributed by atoms with Crippen molar-refractivity contribution in [3.63, 3.8) is 0 Å². The lowest BCUT2D eigenvalue weighted by Crippen LogP contribution is -2.32. The Kier molecular flexibility index (Phi) is 1.78. The second-order valence-corrected chi connectivity index (χ2v) is 4.54. The Labute approximate surface area is 120 Å². The van der Waals surface area contributed by atoms with Crippen LogP contribution >= 0.6 is 0 Å². The second-order valence-electron chi connectivity index (χ2n) is 4.54. The molecule has 1 aromatic heterocycles. The molecule has 0 saturated carbocycles. The number of benzene rings is 1. The number of rotatable bonds is 2. The first-order valence-electron chi connectivity index (χ1n) is 9.37. The third kappa shape index (κ3) is 2.31. The summed E-state index contributed by atoms with van der Waals surface area (Å²) in [5.41, 5.74) is 2.41. The van der Waals surface area contributed by atoms with Crippen LogP contribution in [0.15, 0.2) is 36.5 Å². The largest absolute Gasteiger partial charge is 0.212 e. The molecule has 0 N–H and O–H groups in total. The van der Waals surface area contributed by atoms with E-state index in [0.717, 1.165) is 11.1 Å². The molecule has 0 aliphatic rings. The molecule has 1 heteroatoms. The maximum Gasteiger partial charge on any atom is 0.212 e. The number of aromatic nitrogens is 1. The maximum absolute atomic E-state index is 8.40. The number of hydrogen-bond donors (Lipinski definition) is 0. The number of nitrogens with zero attached hydrogens (tertiary/aromatic N) is 1. The first-order valence-corrected chi connectivity index (χ1v) is 5.87. The third-order valence-electron chi connectivity index (χ3n) is 3.10. The van der Waals surface area contributed by atoms with Gasteiger partial charge >= 0.3 is 0 Å². The highest BCUT2D eigenvalue weighted by Gasteiger charge is 2.16. The summed E-state index contributed by atoms with van der Waals surface area (Å²) in [4.78, 5) is 0. The van der Waals surface area contributed by atoms with Gasteiger partial charge in [0.05, 0.1) is 0 Å². The minimum atomic E-state index is -2.66. The van der Waals surface area contributed by atoms with Gasteiger partial charge in [-0.1, -0.05) is 32.0 Å². The number of pyridine rings is 1. The van der Waals surface area contributed by atoms with Crippen molar-refractivity contribution in [2.24, 2.45) is 7.05 Å². The van der Waals surface area contributed by atoms with Crippen molar-refractivity contribution in [3.05, 3.63) is 53.2 Å². The van der Waals surface area contributed by atoms with E-state index in [1.54, 1.807) is 11.6 Å². The van der Waals surface area contributed by atoms with E-state index in [2.05, 4.69) is 0 Å². The number of hydrogen-bond acceptors (Lipinski definition) is 0. The summed E-state index contributed by atoms with van der Waals surface area (Å²) in [6.07, 6.45) is 1.42. The molecule has 18 heavy (non-hydrogen) atoms. The van der Waals surface area contributed by atoms with Gasteiger partial charge < -0.3 is 0 Å². The Morgan fingerprint density at radius 2 is 2.06 bits per heavy atom. The molecule has 0 radical (unpaired) electrons. The monoisotopic (exact) mass is 247 g/mol. The highest BCUT2D eigenvalue weighted by atomic mass is 14.9. The highest BCUT2D eigenvalue weighted by molar-refractivity contribution is 5.61. The molecule has 0 saturated heterocycles. The Balaban J connectivity index is 2.85. The predicted molar refractivity (Wildman–Crippen MR) is 76.6 cm³/mol. The average molecular weight is 247 g/mol. The van der Waals surface area contributed by atoms with Gasteiger partial charge in [-0.25, -0.2) is 4.57 Å². The van der Waals surface area contributed by atoms with E-state index in [1.165, 1.54) is 19.2 Å². The van der Waals surface area contributed by atoms with Gasteiger partial charge in [-0.3, -0.25) is 0 Å². The zero-order valence-corrected chi connectivity index (χ0v) is 10.9. The summed E-state index contributed by atoms with van der Waals surface area (Å²) < 4.78 is 56.5. The molecule has 0 aliphatic carbocycles. The van der Waals surface area contributed by atoms with Gasteiger partial charge in [0.25, 0.3) is 0 Å². The minimum absolute atomic E-state index is 0.00357. The van der Waals surface area contributed by atoms with E-state index < -0.39 is 19.6 Å². The van der Waals surface area contributed by atoms with Crippen LogP contribution in [0.25, 0.3) is 11.3 Å². The Bertz CT molecular complexity index is 789. The average Bonchev–Trinajstić information content (AvgIpc) is 2.45. The van der Waals surface area contributed by atoms with Crippen molar-refractivity contribution in [1.82, 2.24) is 0 Å². The van der Waals surface area contributed by atoms with Crippen molar-refractivity contribution < 1.29 is 14.2 Å². The molecule has 0 bridgehead atoms. The first kappa shape index (κ1) is 6.51. The van der Waals surface area contributed by atoms with E-state index in [0.29, 0.717) is 5.69 Å². The topological polar surface area (TPSA) is 3.88 Å². The molecule has 2 rings (SSSR count). The summed E-state index contributed by atoms with van der Waals surface area (Å²) in [5, 5.41) is 0. The molecule has 1 unspecified atom stereocenters. The lowest BCUT2D eigenvalue weighted by molar-refractivity contribution is -0.660. The lowest BCUT2D eigenvalue weighted by Gasteiger charge is -2.11. The van der Waals surface area contributed by atoms with Gasteiger partial charge in [-0.2, -0.15) is 0 Å². The number of aryl methyl sites for hydroxylation is 3. The molecule has 0 aliphatic heterocycles. The van der Waals surface area contributed by atoms with Crippen LogP contribution in [0.3, 0.4) is 0 Å². The van der Waals surface area contributed by atoms with E-state index in [1.807, 2.05) is 31.2 Å². The molecule has 2 aromatic rings. The summed E-state index contributed by atoms with van der Waals surface area (Å²) in [6.45, 7) is -2.00. The summed E-state index contributed by atoms with van der Waals surface area (Å²) >= 11 is 0. The van der Waals surface area contributed by atoms with Crippen molar-refractivity contribution in [2.45, 2.75) is 33.4 Å². The lowest BCUT2D eigenvalue weighted by atomic mass is 9.96.